The second-order valence-corrected chi connectivity index (χ2v) is 5.66. The van der Waals surface area contributed by atoms with Crippen LogP contribution in [0.25, 0.3) is 0 Å². The van der Waals surface area contributed by atoms with E-state index in [1.807, 2.05) is 27.7 Å². The van der Waals surface area contributed by atoms with E-state index in [0.29, 0.717) is 5.57 Å². The van der Waals surface area contributed by atoms with E-state index < -0.39 is 29.1 Å². The molecule has 0 aliphatic carbocycles. The summed E-state index contributed by atoms with van der Waals surface area (Å²) in [6, 6.07) is 0. The first kappa shape index (κ1) is 13.7. The maximum Gasteiger partial charge on any atom is 0.348 e. The fraction of sp³-hybridized carbons (Fsp3) is 0.692. The predicted octanol–water partition coefficient (Wildman–Crippen LogP) is 2.23. The summed E-state index contributed by atoms with van der Waals surface area (Å²) in [4.78, 5) is 23.3. The summed E-state index contributed by atoms with van der Waals surface area (Å²) in [7, 11) is 0. The van der Waals surface area contributed by atoms with E-state index in [4.69, 9.17) is 9.47 Å². The Morgan fingerprint density at radius 3 is 2.29 bits per heavy atom. The van der Waals surface area contributed by atoms with E-state index in [-0.39, 0.29) is 6.42 Å². The van der Waals surface area contributed by atoms with Gasteiger partial charge in [0.25, 0.3) is 0 Å². The minimum absolute atomic E-state index is 0.125. The van der Waals surface area contributed by atoms with Crippen LogP contribution in [0, 0.1) is 5.41 Å². The standard InChI is InChI=1S/C13H20O4/c1-8(2)7-9(14)16-10-11(15)17-13(5,6)12(10,3)4/h10H,1,7H2,2-6H3. The molecule has 1 fully saturated rings. The molecule has 1 atom stereocenters. The van der Waals surface area contributed by atoms with Gasteiger partial charge in [-0.25, -0.2) is 4.79 Å². The van der Waals surface area contributed by atoms with Crippen molar-refractivity contribution in [1.82, 2.24) is 0 Å². The fourth-order valence-electron chi connectivity index (χ4n) is 1.66. The van der Waals surface area contributed by atoms with Crippen LogP contribution in [0.1, 0.15) is 41.0 Å². The molecule has 17 heavy (non-hydrogen) atoms. The number of cyclic esters (lactones) is 1. The zero-order chi connectivity index (χ0) is 13.4. The molecular weight excluding hydrogens is 220 g/mol. The normalized spacial score (nSPS) is 25.2. The summed E-state index contributed by atoms with van der Waals surface area (Å²) >= 11 is 0. The van der Waals surface area contributed by atoms with Crippen molar-refractivity contribution in [2.75, 3.05) is 0 Å². The Balaban J connectivity index is 2.81. The van der Waals surface area contributed by atoms with Gasteiger partial charge in [0, 0.05) is 0 Å². The van der Waals surface area contributed by atoms with Gasteiger partial charge >= 0.3 is 11.9 Å². The van der Waals surface area contributed by atoms with Crippen LogP contribution >= 0.6 is 0 Å². The first-order chi connectivity index (χ1) is 7.58. The Hall–Kier alpha value is -1.32. The van der Waals surface area contributed by atoms with Gasteiger partial charge in [0.2, 0.25) is 6.10 Å². The van der Waals surface area contributed by atoms with E-state index in [0.717, 1.165) is 0 Å². The van der Waals surface area contributed by atoms with Crippen LogP contribution < -0.4 is 0 Å². The van der Waals surface area contributed by atoms with Crippen molar-refractivity contribution in [2.24, 2.45) is 5.41 Å². The van der Waals surface area contributed by atoms with Gasteiger partial charge in [-0.15, -0.1) is 0 Å². The van der Waals surface area contributed by atoms with Gasteiger partial charge < -0.3 is 9.47 Å². The van der Waals surface area contributed by atoms with Crippen LogP contribution in [0.5, 0.6) is 0 Å². The number of ether oxygens (including phenoxy) is 2. The lowest BCUT2D eigenvalue weighted by molar-refractivity contribution is -0.163. The highest BCUT2D eigenvalue weighted by atomic mass is 16.6. The largest absolute Gasteiger partial charge is 0.456 e. The second-order valence-electron chi connectivity index (χ2n) is 5.66. The van der Waals surface area contributed by atoms with Crippen molar-refractivity contribution in [3.63, 3.8) is 0 Å². The molecule has 0 spiro atoms. The van der Waals surface area contributed by atoms with Gasteiger partial charge in [0.15, 0.2) is 0 Å². The summed E-state index contributed by atoms with van der Waals surface area (Å²) in [6.45, 7) is 12.7. The van der Waals surface area contributed by atoms with E-state index in [9.17, 15) is 9.59 Å². The van der Waals surface area contributed by atoms with Crippen molar-refractivity contribution in [3.8, 4) is 0 Å². The lowest BCUT2D eigenvalue weighted by Gasteiger charge is -2.33. The lowest BCUT2D eigenvalue weighted by Crippen LogP contribution is -2.43. The molecule has 0 amide bonds. The maximum absolute atomic E-state index is 11.7. The quantitative estimate of drug-likeness (QED) is 0.560. The number of hydrogen-bond donors (Lipinski definition) is 0. The summed E-state index contributed by atoms with van der Waals surface area (Å²) in [5, 5.41) is 0. The summed E-state index contributed by atoms with van der Waals surface area (Å²) in [6.07, 6.45) is -0.718. The Morgan fingerprint density at radius 1 is 1.41 bits per heavy atom. The highest BCUT2D eigenvalue weighted by molar-refractivity contribution is 5.83. The smallest absolute Gasteiger partial charge is 0.348 e. The Morgan fingerprint density at radius 2 is 1.94 bits per heavy atom. The van der Waals surface area contributed by atoms with Crippen molar-refractivity contribution < 1.29 is 19.1 Å². The minimum atomic E-state index is -0.843. The minimum Gasteiger partial charge on any atom is -0.456 e. The zero-order valence-electron chi connectivity index (χ0n) is 11.1. The monoisotopic (exact) mass is 240 g/mol. The van der Waals surface area contributed by atoms with Crippen molar-refractivity contribution in [1.29, 1.82) is 0 Å². The first-order valence-corrected chi connectivity index (χ1v) is 5.64. The van der Waals surface area contributed by atoms with Gasteiger partial charge in [0.1, 0.15) is 5.60 Å². The maximum atomic E-state index is 11.7. The summed E-state index contributed by atoms with van der Waals surface area (Å²) < 4.78 is 10.5. The topological polar surface area (TPSA) is 52.6 Å². The highest BCUT2D eigenvalue weighted by Gasteiger charge is 2.58. The number of carbonyl (C=O) groups is 2. The molecule has 0 aromatic carbocycles. The molecule has 0 bridgehead atoms. The number of hydrogen-bond acceptors (Lipinski definition) is 4. The first-order valence-electron chi connectivity index (χ1n) is 5.64. The molecule has 0 aromatic rings. The van der Waals surface area contributed by atoms with E-state index in [2.05, 4.69) is 6.58 Å². The third-order valence-corrected chi connectivity index (χ3v) is 3.47. The zero-order valence-corrected chi connectivity index (χ0v) is 11.1. The molecule has 1 unspecified atom stereocenters. The average molecular weight is 240 g/mol. The molecule has 1 aliphatic heterocycles. The Bertz CT molecular complexity index is 366. The third-order valence-electron chi connectivity index (χ3n) is 3.47. The molecule has 1 rings (SSSR count). The Kier molecular flexibility index (Phi) is 3.37. The summed E-state index contributed by atoms with van der Waals surface area (Å²) in [5.74, 6) is -0.916. The summed E-state index contributed by atoms with van der Waals surface area (Å²) in [5.41, 5.74) is -0.481. The van der Waals surface area contributed by atoms with Crippen LogP contribution in [-0.2, 0) is 19.1 Å². The number of carbonyl (C=O) groups excluding carboxylic acids is 2. The van der Waals surface area contributed by atoms with Crippen LogP contribution in [0.15, 0.2) is 12.2 Å². The lowest BCUT2D eigenvalue weighted by atomic mass is 9.75. The van der Waals surface area contributed by atoms with Gasteiger partial charge in [-0.05, 0) is 20.8 Å². The molecule has 4 nitrogen and oxygen atoms in total. The second kappa shape index (κ2) is 4.17. The van der Waals surface area contributed by atoms with Crippen LogP contribution in [0.4, 0.5) is 0 Å². The van der Waals surface area contributed by atoms with E-state index >= 15 is 0 Å². The van der Waals surface area contributed by atoms with E-state index in [1.54, 1.807) is 6.92 Å². The van der Waals surface area contributed by atoms with Crippen LogP contribution in [0.2, 0.25) is 0 Å². The molecule has 1 aliphatic rings. The third kappa shape index (κ3) is 2.51. The molecule has 0 radical (unpaired) electrons. The number of rotatable bonds is 3. The predicted molar refractivity (Wildman–Crippen MR) is 63.3 cm³/mol. The Labute approximate surface area is 102 Å². The fourth-order valence-corrected chi connectivity index (χ4v) is 1.66. The highest BCUT2D eigenvalue weighted by Crippen LogP contribution is 2.45. The average Bonchev–Trinajstić information content (AvgIpc) is 2.23. The molecule has 1 saturated heterocycles. The number of esters is 2. The molecule has 96 valence electrons. The molecule has 0 saturated carbocycles. The van der Waals surface area contributed by atoms with Crippen molar-refractivity contribution >= 4 is 11.9 Å². The molecular formula is C13H20O4. The van der Waals surface area contributed by atoms with Crippen LogP contribution in [0.3, 0.4) is 0 Å². The molecule has 0 N–H and O–H groups in total. The van der Waals surface area contributed by atoms with Gasteiger partial charge in [0.05, 0.1) is 11.8 Å². The van der Waals surface area contributed by atoms with Crippen LogP contribution in [-0.4, -0.2) is 23.6 Å². The van der Waals surface area contributed by atoms with Crippen molar-refractivity contribution in [2.45, 2.75) is 52.7 Å². The SMILES string of the molecule is C=C(C)CC(=O)OC1C(=O)OC(C)(C)C1(C)C. The van der Waals surface area contributed by atoms with Gasteiger partial charge in [-0.3, -0.25) is 4.79 Å². The van der Waals surface area contributed by atoms with Gasteiger partial charge in [-0.1, -0.05) is 26.0 Å². The van der Waals surface area contributed by atoms with Gasteiger partial charge in [-0.2, -0.15) is 0 Å². The molecule has 4 heteroatoms. The van der Waals surface area contributed by atoms with E-state index in [1.165, 1.54) is 0 Å². The molecule has 1 heterocycles. The van der Waals surface area contributed by atoms with Crippen molar-refractivity contribution in [3.05, 3.63) is 12.2 Å². The molecule has 0 aromatic heterocycles.